The summed E-state index contributed by atoms with van der Waals surface area (Å²) in [6.45, 7) is 5.94. The van der Waals surface area contributed by atoms with Gasteiger partial charge in [-0.2, -0.15) is 0 Å². The summed E-state index contributed by atoms with van der Waals surface area (Å²) in [5, 5.41) is 0. The maximum atomic E-state index is 12.6. The molecule has 7 heteroatoms. The minimum atomic E-state index is -0.343. The maximum absolute atomic E-state index is 12.6. The zero-order valence-corrected chi connectivity index (χ0v) is 12.3. The molecule has 2 heterocycles. The first-order chi connectivity index (χ1) is 9.43. The van der Waals surface area contributed by atoms with Crippen molar-refractivity contribution in [3.05, 3.63) is 27.2 Å². The molecule has 0 saturated carbocycles. The van der Waals surface area contributed by atoms with Gasteiger partial charge in [0, 0.05) is 19.6 Å². The zero-order valence-electron chi connectivity index (χ0n) is 12.3. The Hall–Kier alpha value is -1.89. The fourth-order valence-corrected chi connectivity index (χ4v) is 2.32. The molecule has 0 aliphatic carbocycles. The quantitative estimate of drug-likeness (QED) is 0.876. The third-order valence-electron chi connectivity index (χ3n) is 3.79. The van der Waals surface area contributed by atoms with E-state index < -0.39 is 0 Å². The summed E-state index contributed by atoms with van der Waals surface area (Å²) in [4.78, 5) is 29.4. The van der Waals surface area contributed by atoms with Gasteiger partial charge in [0.25, 0.3) is 5.56 Å². The van der Waals surface area contributed by atoms with Crippen LogP contribution in [0.5, 0.6) is 0 Å². The van der Waals surface area contributed by atoms with E-state index in [-0.39, 0.29) is 29.9 Å². The molecule has 0 amide bonds. The van der Waals surface area contributed by atoms with Crippen molar-refractivity contribution >= 4 is 11.2 Å². The predicted octanol–water partition coefficient (Wildman–Crippen LogP) is 0.387. The first kappa shape index (κ1) is 14.5. The number of fused-ring (bicyclic) bond motifs is 1. The van der Waals surface area contributed by atoms with E-state index in [2.05, 4.69) is 4.98 Å². The SMILES string of the molecule is CCC(C)n1c(=O)n(C(C)CN)c(=O)c2c1ncn2C. The Morgan fingerprint density at radius 2 is 1.90 bits per heavy atom. The van der Waals surface area contributed by atoms with Crippen molar-refractivity contribution in [2.75, 3.05) is 6.54 Å². The van der Waals surface area contributed by atoms with Gasteiger partial charge in [0.05, 0.1) is 12.4 Å². The molecule has 0 aliphatic rings. The molecule has 2 atom stereocenters. The van der Waals surface area contributed by atoms with Crippen molar-refractivity contribution in [2.24, 2.45) is 12.8 Å². The van der Waals surface area contributed by atoms with Crippen LogP contribution in [0.1, 0.15) is 39.3 Å². The van der Waals surface area contributed by atoms with Gasteiger partial charge in [-0.25, -0.2) is 9.78 Å². The van der Waals surface area contributed by atoms with Gasteiger partial charge in [-0.3, -0.25) is 13.9 Å². The average Bonchev–Trinajstić information content (AvgIpc) is 2.80. The molecule has 110 valence electrons. The maximum Gasteiger partial charge on any atom is 0.333 e. The van der Waals surface area contributed by atoms with Crippen molar-refractivity contribution in [3.8, 4) is 0 Å². The Balaban J connectivity index is 2.98. The number of hydrogen-bond donors (Lipinski definition) is 1. The standard InChI is InChI=1S/C13H21N5O2/c1-5-8(2)17-11-10(16(4)7-15-11)12(19)18(13(17)20)9(3)6-14/h7-9H,5-6,14H2,1-4H3. The highest BCUT2D eigenvalue weighted by atomic mass is 16.2. The monoisotopic (exact) mass is 279 g/mol. The summed E-state index contributed by atoms with van der Waals surface area (Å²) in [6, 6.07) is -0.374. The fourth-order valence-electron chi connectivity index (χ4n) is 2.32. The van der Waals surface area contributed by atoms with Crippen molar-refractivity contribution in [1.29, 1.82) is 0 Å². The highest BCUT2D eigenvalue weighted by Crippen LogP contribution is 2.14. The number of rotatable bonds is 4. The van der Waals surface area contributed by atoms with Gasteiger partial charge in [0.15, 0.2) is 11.2 Å². The van der Waals surface area contributed by atoms with Gasteiger partial charge >= 0.3 is 5.69 Å². The van der Waals surface area contributed by atoms with Crippen LogP contribution in [0.15, 0.2) is 15.9 Å². The molecule has 7 nitrogen and oxygen atoms in total. The third-order valence-corrected chi connectivity index (χ3v) is 3.79. The Morgan fingerprint density at radius 1 is 1.25 bits per heavy atom. The minimum Gasteiger partial charge on any atom is -0.328 e. The van der Waals surface area contributed by atoms with Crippen molar-refractivity contribution in [1.82, 2.24) is 18.7 Å². The Labute approximate surface area is 116 Å². The first-order valence-corrected chi connectivity index (χ1v) is 6.82. The summed E-state index contributed by atoms with van der Waals surface area (Å²) >= 11 is 0. The molecule has 2 aromatic rings. The average molecular weight is 279 g/mol. The molecule has 0 radical (unpaired) electrons. The number of aromatic nitrogens is 4. The van der Waals surface area contributed by atoms with E-state index in [1.165, 1.54) is 4.57 Å². The van der Waals surface area contributed by atoms with E-state index in [0.29, 0.717) is 11.2 Å². The van der Waals surface area contributed by atoms with Crippen LogP contribution in [0.4, 0.5) is 0 Å². The molecular formula is C13H21N5O2. The number of nitrogens with zero attached hydrogens (tertiary/aromatic N) is 4. The van der Waals surface area contributed by atoms with Gasteiger partial charge in [-0.05, 0) is 20.3 Å². The molecule has 2 unspecified atom stereocenters. The van der Waals surface area contributed by atoms with Crippen molar-refractivity contribution in [3.63, 3.8) is 0 Å². The fraction of sp³-hybridized carbons (Fsp3) is 0.615. The van der Waals surface area contributed by atoms with Crippen molar-refractivity contribution < 1.29 is 0 Å². The van der Waals surface area contributed by atoms with E-state index in [4.69, 9.17) is 5.73 Å². The Morgan fingerprint density at radius 3 is 2.45 bits per heavy atom. The molecule has 20 heavy (non-hydrogen) atoms. The number of hydrogen-bond acceptors (Lipinski definition) is 4. The molecule has 2 rings (SSSR count). The van der Waals surface area contributed by atoms with Crippen LogP contribution >= 0.6 is 0 Å². The van der Waals surface area contributed by atoms with E-state index in [1.807, 2.05) is 13.8 Å². The summed E-state index contributed by atoms with van der Waals surface area (Å²) in [5.41, 5.74) is 5.83. The Kier molecular flexibility index (Phi) is 3.80. The van der Waals surface area contributed by atoms with Gasteiger partial charge in [-0.1, -0.05) is 6.92 Å². The number of aryl methyl sites for hydroxylation is 1. The lowest BCUT2D eigenvalue weighted by Gasteiger charge is -2.19. The van der Waals surface area contributed by atoms with Gasteiger partial charge in [0.2, 0.25) is 0 Å². The summed E-state index contributed by atoms with van der Waals surface area (Å²) in [6.07, 6.45) is 2.34. The smallest absolute Gasteiger partial charge is 0.328 e. The minimum absolute atomic E-state index is 0.0308. The molecular weight excluding hydrogens is 258 g/mol. The lowest BCUT2D eigenvalue weighted by atomic mass is 10.2. The van der Waals surface area contributed by atoms with Crippen LogP contribution in [0, 0.1) is 0 Å². The highest BCUT2D eigenvalue weighted by molar-refractivity contribution is 5.70. The molecule has 0 aliphatic heterocycles. The molecule has 0 fully saturated rings. The highest BCUT2D eigenvalue weighted by Gasteiger charge is 2.21. The molecule has 0 saturated heterocycles. The van der Waals surface area contributed by atoms with Crippen LogP contribution in [0.3, 0.4) is 0 Å². The van der Waals surface area contributed by atoms with Crippen LogP contribution in [0.25, 0.3) is 11.2 Å². The van der Waals surface area contributed by atoms with E-state index in [0.717, 1.165) is 6.42 Å². The van der Waals surface area contributed by atoms with Gasteiger partial charge in [0.1, 0.15) is 0 Å². The zero-order chi connectivity index (χ0) is 15.0. The lowest BCUT2D eigenvalue weighted by Crippen LogP contribution is -2.44. The second kappa shape index (κ2) is 5.24. The summed E-state index contributed by atoms with van der Waals surface area (Å²) in [5.74, 6) is 0. The number of nitrogens with two attached hydrogens (primary N) is 1. The normalized spacial score (nSPS) is 14.7. The molecule has 0 spiro atoms. The van der Waals surface area contributed by atoms with Crippen molar-refractivity contribution in [2.45, 2.75) is 39.3 Å². The Bertz CT molecular complexity index is 740. The lowest BCUT2D eigenvalue weighted by molar-refractivity contribution is 0.448. The van der Waals surface area contributed by atoms with Gasteiger partial charge in [-0.15, -0.1) is 0 Å². The molecule has 0 aromatic carbocycles. The van der Waals surface area contributed by atoms with E-state index in [9.17, 15) is 9.59 Å². The topological polar surface area (TPSA) is 87.8 Å². The van der Waals surface area contributed by atoms with Crippen LogP contribution < -0.4 is 17.0 Å². The van der Waals surface area contributed by atoms with Crippen LogP contribution in [0.2, 0.25) is 0 Å². The second-order valence-electron chi connectivity index (χ2n) is 5.20. The van der Waals surface area contributed by atoms with Crippen LogP contribution in [-0.4, -0.2) is 25.2 Å². The first-order valence-electron chi connectivity index (χ1n) is 6.82. The van der Waals surface area contributed by atoms with Crippen LogP contribution in [-0.2, 0) is 7.05 Å². The molecule has 2 aromatic heterocycles. The molecule has 0 bridgehead atoms. The second-order valence-corrected chi connectivity index (χ2v) is 5.20. The van der Waals surface area contributed by atoms with E-state index >= 15 is 0 Å². The third kappa shape index (κ3) is 1.98. The number of imidazole rings is 1. The van der Waals surface area contributed by atoms with Gasteiger partial charge < -0.3 is 10.3 Å². The summed E-state index contributed by atoms with van der Waals surface area (Å²) in [7, 11) is 1.75. The largest absolute Gasteiger partial charge is 0.333 e. The van der Waals surface area contributed by atoms with E-state index in [1.54, 1.807) is 29.4 Å². The predicted molar refractivity (Wildman–Crippen MR) is 78.0 cm³/mol. The molecule has 2 N–H and O–H groups in total. The summed E-state index contributed by atoms with van der Waals surface area (Å²) < 4.78 is 4.47.